The molecule has 2 rings (SSSR count). The maximum Gasteiger partial charge on any atom is 0.305 e. The van der Waals surface area contributed by atoms with Gasteiger partial charge in [-0.25, -0.2) is 4.39 Å². The van der Waals surface area contributed by atoms with Gasteiger partial charge in [0.15, 0.2) is 5.78 Å². The molecule has 0 aliphatic heterocycles. The maximum atomic E-state index is 13.1. The maximum absolute atomic E-state index is 13.1. The summed E-state index contributed by atoms with van der Waals surface area (Å²) in [5.41, 5.74) is -0.368. The molecule has 3 N–H and O–H groups in total. The van der Waals surface area contributed by atoms with Gasteiger partial charge in [0, 0.05) is 12.6 Å². The van der Waals surface area contributed by atoms with Gasteiger partial charge in [-0.2, -0.15) is 0 Å². The van der Waals surface area contributed by atoms with Gasteiger partial charge in [-0.05, 0) is 17.7 Å². The second-order valence-corrected chi connectivity index (χ2v) is 6.61. The molecule has 9 nitrogen and oxygen atoms in total. The Morgan fingerprint density at radius 1 is 1.10 bits per heavy atom. The van der Waals surface area contributed by atoms with E-state index in [-0.39, 0.29) is 12.1 Å². The van der Waals surface area contributed by atoms with Gasteiger partial charge in [0.2, 0.25) is 11.8 Å². The highest BCUT2D eigenvalue weighted by Gasteiger charge is 2.30. The number of halogens is 1. The van der Waals surface area contributed by atoms with Crippen molar-refractivity contribution in [2.24, 2.45) is 0 Å². The number of nitrogens with zero attached hydrogens (tertiary/aromatic N) is 1. The summed E-state index contributed by atoms with van der Waals surface area (Å²) in [4.78, 5) is 60.5. The molecular weight excluding hydrogens is 409 g/mol. The zero-order valence-corrected chi connectivity index (χ0v) is 16.7. The molecule has 0 radical (unpaired) electrons. The van der Waals surface area contributed by atoms with E-state index in [1.54, 1.807) is 37.3 Å². The molecular formula is C21H22FN3O6. The first-order valence-corrected chi connectivity index (χ1v) is 9.45. The highest BCUT2D eigenvalue weighted by atomic mass is 19.1. The third-order valence-electron chi connectivity index (χ3n) is 4.43. The Labute approximate surface area is 176 Å². The number of hydrogen-bond donors (Lipinski definition) is 3. The quantitative estimate of drug-likeness (QED) is 0.519. The number of carboxylic acids is 1. The summed E-state index contributed by atoms with van der Waals surface area (Å²) in [7, 11) is 0. The molecule has 1 heterocycles. The second-order valence-electron chi connectivity index (χ2n) is 6.61. The zero-order valence-electron chi connectivity index (χ0n) is 16.7. The first-order chi connectivity index (χ1) is 14.8. The van der Waals surface area contributed by atoms with Crippen molar-refractivity contribution in [3.63, 3.8) is 0 Å². The first-order valence-electron chi connectivity index (χ1n) is 9.45. The number of ketones is 1. The Bertz CT molecular complexity index is 1020. The molecule has 10 heteroatoms. The van der Waals surface area contributed by atoms with Crippen molar-refractivity contribution in [2.75, 3.05) is 12.0 Å². The molecule has 2 aromatic rings. The lowest BCUT2D eigenvalue weighted by atomic mass is 10.0. The fraction of sp³-hybridized carbons (Fsp3) is 0.286. The Kier molecular flexibility index (Phi) is 8.18. The predicted molar refractivity (Wildman–Crippen MR) is 109 cm³/mol. The SMILES string of the molecule is CCC(=O)Nc1cccn([C@@H](C(=O)N[C@H](CC(=O)O)C(=O)CF)c2ccccc2)c1=O. The number of nitrogens with one attached hydrogen (secondary N) is 2. The summed E-state index contributed by atoms with van der Waals surface area (Å²) in [6.45, 7) is 0.161. The summed E-state index contributed by atoms with van der Waals surface area (Å²) in [6, 6.07) is 8.03. The van der Waals surface area contributed by atoms with E-state index in [0.717, 1.165) is 4.57 Å². The molecule has 0 aliphatic carbocycles. The number of aliphatic carboxylic acids is 1. The third kappa shape index (κ3) is 6.08. The Balaban J connectivity index is 2.50. The topological polar surface area (TPSA) is 135 Å². The van der Waals surface area contributed by atoms with Gasteiger partial charge >= 0.3 is 5.97 Å². The van der Waals surface area contributed by atoms with Crippen molar-refractivity contribution in [3.8, 4) is 0 Å². The van der Waals surface area contributed by atoms with Crippen LogP contribution in [0.3, 0.4) is 0 Å². The number of carboxylic acid groups (broad SMARTS) is 1. The zero-order chi connectivity index (χ0) is 23.0. The number of carbonyl (C=O) groups is 4. The number of pyridine rings is 1. The molecule has 0 unspecified atom stereocenters. The van der Waals surface area contributed by atoms with Crippen LogP contribution in [0.25, 0.3) is 0 Å². The van der Waals surface area contributed by atoms with Crippen LogP contribution in [-0.4, -0.2) is 46.0 Å². The van der Waals surface area contributed by atoms with Crippen LogP contribution in [0.15, 0.2) is 53.5 Å². The summed E-state index contributed by atoms with van der Waals surface area (Å²) in [5, 5.41) is 13.7. The Hall–Kier alpha value is -3.82. The van der Waals surface area contributed by atoms with Crippen LogP contribution < -0.4 is 16.2 Å². The smallest absolute Gasteiger partial charge is 0.305 e. The van der Waals surface area contributed by atoms with Crippen molar-refractivity contribution in [3.05, 3.63) is 64.6 Å². The van der Waals surface area contributed by atoms with Crippen LogP contribution >= 0.6 is 0 Å². The van der Waals surface area contributed by atoms with E-state index in [9.17, 15) is 28.4 Å². The van der Waals surface area contributed by atoms with E-state index in [2.05, 4.69) is 10.6 Å². The monoisotopic (exact) mass is 431 g/mol. The molecule has 1 aromatic carbocycles. The molecule has 2 amide bonds. The van der Waals surface area contributed by atoms with Crippen molar-refractivity contribution >= 4 is 29.3 Å². The van der Waals surface area contributed by atoms with Crippen molar-refractivity contribution < 1.29 is 28.7 Å². The third-order valence-corrected chi connectivity index (χ3v) is 4.43. The number of alkyl halides is 1. The van der Waals surface area contributed by atoms with Gasteiger partial charge in [0.1, 0.15) is 24.4 Å². The lowest BCUT2D eigenvalue weighted by molar-refractivity contribution is -0.140. The number of amides is 2. The van der Waals surface area contributed by atoms with Crippen LogP contribution in [-0.2, 0) is 19.2 Å². The van der Waals surface area contributed by atoms with Gasteiger partial charge in [-0.15, -0.1) is 0 Å². The largest absolute Gasteiger partial charge is 0.481 e. The molecule has 0 aliphatic rings. The minimum Gasteiger partial charge on any atom is -0.481 e. The molecule has 164 valence electrons. The van der Waals surface area contributed by atoms with E-state index in [4.69, 9.17) is 5.11 Å². The molecule has 31 heavy (non-hydrogen) atoms. The van der Waals surface area contributed by atoms with Gasteiger partial charge in [0.05, 0.1) is 6.42 Å². The van der Waals surface area contributed by atoms with Crippen molar-refractivity contribution in [1.82, 2.24) is 9.88 Å². The van der Waals surface area contributed by atoms with Crippen LogP contribution in [0.1, 0.15) is 31.4 Å². The Morgan fingerprint density at radius 2 is 1.77 bits per heavy atom. The molecule has 0 saturated carbocycles. The second kappa shape index (κ2) is 10.8. The minimum absolute atomic E-state index is 0.0509. The van der Waals surface area contributed by atoms with Crippen molar-refractivity contribution in [2.45, 2.75) is 31.8 Å². The summed E-state index contributed by atoms with van der Waals surface area (Å²) < 4.78 is 13.9. The number of Topliss-reactive ketones (excluding diaryl/α,β-unsaturated/α-hetero) is 1. The summed E-state index contributed by atoms with van der Waals surface area (Å²) in [5.74, 6) is -3.77. The van der Waals surface area contributed by atoms with E-state index >= 15 is 0 Å². The van der Waals surface area contributed by atoms with Crippen LogP contribution in [0, 0.1) is 0 Å². The highest BCUT2D eigenvalue weighted by molar-refractivity contribution is 5.94. The number of benzene rings is 1. The fourth-order valence-electron chi connectivity index (χ4n) is 2.88. The molecule has 0 fully saturated rings. The normalized spacial score (nSPS) is 12.5. The van der Waals surface area contributed by atoms with Crippen LogP contribution in [0.5, 0.6) is 0 Å². The number of aromatic nitrogens is 1. The average Bonchev–Trinajstić information content (AvgIpc) is 2.75. The molecule has 0 bridgehead atoms. The number of carbonyl (C=O) groups excluding carboxylic acids is 3. The highest BCUT2D eigenvalue weighted by Crippen LogP contribution is 2.18. The Morgan fingerprint density at radius 3 is 2.35 bits per heavy atom. The minimum atomic E-state index is -1.60. The van der Waals surface area contributed by atoms with Crippen molar-refractivity contribution in [1.29, 1.82) is 0 Å². The predicted octanol–water partition coefficient (Wildman–Crippen LogP) is 1.28. The summed E-state index contributed by atoms with van der Waals surface area (Å²) >= 11 is 0. The number of rotatable bonds is 10. The molecule has 0 saturated heterocycles. The molecule has 2 atom stereocenters. The number of hydrogen-bond acceptors (Lipinski definition) is 5. The standard InChI is InChI=1S/C21H22FN3O6/c1-2-17(27)23-14-9-6-10-25(21(14)31)19(13-7-4-3-5-8-13)20(30)24-15(11-18(28)29)16(26)12-22/h3-10,15,19H,2,11-12H2,1H3,(H,23,27)(H,24,30)(H,28,29)/t15-,19-/m1/s1. The fourth-order valence-corrected chi connectivity index (χ4v) is 2.88. The lowest BCUT2D eigenvalue weighted by Crippen LogP contribution is -2.47. The summed E-state index contributed by atoms with van der Waals surface area (Å²) in [6.07, 6.45) is 0.654. The van der Waals surface area contributed by atoms with Gasteiger partial charge in [-0.1, -0.05) is 37.3 Å². The average molecular weight is 431 g/mol. The number of anilines is 1. The van der Waals surface area contributed by atoms with Crippen LogP contribution in [0.2, 0.25) is 0 Å². The lowest BCUT2D eigenvalue weighted by Gasteiger charge is -2.23. The van der Waals surface area contributed by atoms with E-state index < -0.39 is 54.3 Å². The van der Waals surface area contributed by atoms with Gasteiger partial charge < -0.3 is 15.7 Å². The van der Waals surface area contributed by atoms with Gasteiger partial charge in [0.25, 0.3) is 5.56 Å². The van der Waals surface area contributed by atoms with Crippen LogP contribution in [0.4, 0.5) is 10.1 Å². The van der Waals surface area contributed by atoms with E-state index in [1.165, 1.54) is 18.3 Å². The first kappa shape index (κ1) is 23.5. The van der Waals surface area contributed by atoms with E-state index in [1.807, 2.05) is 0 Å². The van der Waals surface area contributed by atoms with Gasteiger partial charge in [-0.3, -0.25) is 28.5 Å². The molecule has 1 aromatic heterocycles. The van der Waals surface area contributed by atoms with E-state index in [0.29, 0.717) is 5.56 Å². The molecule has 0 spiro atoms.